The van der Waals surface area contributed by atoms with Gasteiger partial charge in [0.1, 0.15) is 0 Å². The first kappa shape index (κ1) is 14.0. The number of pyridine rings is 1. The van der Waals surface area contributed by atoms with Crippen LogP contribution in [0.1, 0.15) is 16.7 Å². The van der Waals surface area contributed by atoms with E-state index in [1.54, 1.807) is 12.4 Å². The number of nitrogens with zero attached hydrogens (tertiary/aromatic N) is 3. The van der Waals surface area contributed by atoms with E-state index in [1.165, 1.54) is 5.56 Å². The first-order chi connectivity index (χ1) is 9.69. The average Bonchev–Trinajstić information content (AvgIpc) is 2.47. The van der Waals surface area contributed by atoms with Gasteiger partial charge in [-0.25, -0.2) is 0 Å². The molecule has 1 heterocycles. The molecule has 5 nitrogen and oxygen atoms in total. The summed E-state index contributed by atoms with van der Waals surface area (Å²) in [5.41, 5.74) is 8.66. The molecule has 5 heteroatoms. The second-order valence-corrected chi connectivity index (χ2v) is 4.71. The third-order valence-electron chi connectivity index (χ3n) is 2.98. The highest BCUT2D eigenvalue weighted by Gasteiger charge is 2.04. The van der Waals surface area contributed by atoms with Gasteiger partial charge in [-0.15, -0.1) is 0 Å². The van der Waals surface area contributed by atoms with Crippen LogP contribution in [0.2, 0.25) is 0 Å². The Balaban J connectivity index is 2.03. The Morgan fingerprint density at radius 2 is 1.90 bits per heavy atom. The van der Waals surface area contributed by atoms with Crippen LogP contribution in [0.3, 0.4) is 0 Å². The average molecular weight is 270 g/mol. The fourth-order valence-electron chi connectivity index (χ4n) is 2.05. The number of aromatic nitrogens is 1. The summed E-state index contributed by atoms with van der Waals surface area (Å²) in [7, 11) is 2.05. The molecule has 0 amide bonds. The second kappa shape index (κ2) is 6.68. The number of hydrogen-bond donors (Lipinski definition) is 2. The molecule has 0 unspecified atom stereocenters. The number of oxime groups is 1. The predicted molar refractivity (Wildman–Crippen MR) is 78.4 cm³/mol. The summed E-state index contributed by atoms with van der Waals surface area (Å²) in [5, 5.41) is 11.7. The highest BCUT2D eigenvalue weighted by Crippen LogP contribution is 2.10. The van der Waals surface area contributed by atoms with E-state index in [9.17, 15) is 0 Å². The number of benzene rings is 1. The highest BCUT2D eigenvalue weighted by atomic mass is 16.4. The Hall–Kier alpha value is -2.40. The smallest absolute Gasteiger partial charge is 0.170 e. The first-order valence-corrected chi connectivity index (χ1v) is 6.33. The lowest BCUT2D eigenvalue weighted by atomic mass is 10.1. The topological polar surface area (TPSA) is 74.7 Å². The zero-order valence-corrected chi connectivity index (χ0v) is 11.4. The number of amidine groups is 1. The SMILES string of the molecule is CN(Cc1ccncc1)Cc1cccc(/C(N)=N/O)c1. The van der Waals surface area contributed by atoms with Crippen molar-refractivity contribution in [2.75, 3.05) is 7.05 Å². The Morgan fingerprint density at radius 3 is 2.60 bits per heavy atom. The van der Waals surface area contributed by atoms with E-state index in [-0.39, 0.29) is 5.84 Å². The van der Waals surface area contributed by atoms with Crippen LogP contribution >= 0.6 is 0 Å². The molecule has 1 aromatic carbocycles. The molecule has 0 aliphatic carbocycles. The van der Waals surface area contributed by atoms with Crippen molar-refractivity contribution in [3.8, 4) is 0 Å². The van der Waals surface area contributed by atoms with Crippen molar-refractivity contribution in [2.45, 2.75) is 13.1 Å². The van der Waals surface area contributed by atoms with E-state index < -0.39 is 0 Å². The third-order valence-corrected chi connectivity index (χ3v) is 2.98. The Labute approximate surface area is 118 Å². The predicted octanol–water partition coefficient (Wildman–Crippen LogP) is 1.81. The summed E-state index contributed by atoms with van der Waals surface area (Å²) in [6.45, 7) is 1.63. The summed E-state index contributed by atoms with van der Waals surface area (Å²) in [6.07, 6.45) is 3.59. The van der Waals surface area contributed by atoms with Crippen LogP contribution in [0.15, 0.2) is 53.9 Å². The molecular weight excluding hydrogens is 252 g/mol. The molecule has 20 heavy (non-hydrogen) atoms. The van der Waals surface area contributed by atoms with Gasteiger partial charge >= 0.3 is 0 Å². The number of rotatable bonds is 5. The molecule has 0 saturated heterocycles. The molecule has 0 aliphatic heterocycles. The summed E-state index contributed by atoms with van der Waals surface area (Å²) < 4.78 is 0. The molecule has 0 aliphatic rings. The van der Waals surface area contributed by atoms with Gasteiger partial charge in [-0.3, -0.25) is 9.88 Å². The summed E-state index contributed by atoms with van der Waals surface area (Å²) >= 11 is 0. The van der Waals surface area contributed by atoms with Crippen LogP contribution in [0.25, 0.3) is 0 Å². The van der Waals surface area contributed by atoms with Crippen LogP contribution in [0.4, 0.5) is 0 Å². The van der Waals surface area contributed by atoms with Gasteiger partial charge in [0.25, 0.3) is 0 Å². The van der Waals surface area contributed by atoms with Crippen LogP contribution in [0.5, 0.6) is 0 Å². The van der Waals surface area contributed by atoms with Crippen LogP contribution in [-0.2, 0) is 13.1 Å². The van der Waals surface area contributed by atoms with Crippen LogP contribution in [0, 0.1) is 0 Å². The van der Waals surface area contributed by atoms with Crippen molar-refractivity contribution in [3.63, 3.8) is 0 Å². The summed E-state index contributed by atoms with van der Waals surface area (Å²) in [4.78, 5) is 6.20. The molecule has 2 aromatic rings. The Bertz CT molecular complexity index is 583. The molecule has 0 saturated carbocycles. The van der Waals surface area contributed by atoms with Crippen molar-refractivity contribution in [1.82, 2.24) is 9.88 Å². The van der Waals surface area contributed by atoms with Crippen LogP contribution in [-0.4, -0.2) is 28.0 Å². The monoisotopic (exact) mass is 270 g/mol. The van der Waals surface area contributed by atoms with E-state index in [4.69, 9.17) is 10.9 Å². The summed E-state index contributed by atoms with van der Waals surface area (Å²) in [5.74, 6) is 0.128. The van der Waals surface area contributed by atoms with Gasteiger partial charge in [-0.2, -0.15) is 0 Å². The highest BCUT2D eigenvalue weighted by molar-refractivity contribution is 5.97. The largest absolute Gasteiger partial charge is 0.409 e. The maximum atomic E-state index is 8.70. The molecule has 104 valence electrons. The normalized spacial score (nSPS) is 11.8. The van der Waals surface area contributed by atoms with Crippen molar-refractivity contribution in [1.29, 1.82) is 0 Å². The van der Waals surface area contributed by atoms with Gasteiger partial charge < -0.3 is 10.9 Å². The van der Waals surface area contributed by atoms with Crippen molar-refractivity contribution in [3.05, 3.63) is 65.5 Å². The molecule has 0 bridgehead atoms. The fourth-order valence-corrected chi connectivity index (χ4v) is 2.05. The molecule has 3 N–H and O–H groups in total. The fraction of sp³-hybridized carbons (Fsp3) is 0.200. The lowest BCUT2D eigenvalue weighted by molar-refractivity contribution is 0.318. The van der Waals surface area contributed by atoms with E-state index in [0.717, 1.165) is 24.2 Å². The maximum absolute atomic E-state index is 8.70. The standard InChI is InChI=1S/C15H18N4O/c1-19(10-12-5-7-17-8-6-12)11-13-3-2-4-14(9-13)15(16)18-20/h2-9,20H,10-11H2,1H3,(H2,16,18). The molecule has 2 rings (SSSR count). The minimum atomic E-state index is 0.128. The van der Waals surface area contributed by atoms with Gasteiger partial charge in [0, 0.05) is 31.0 Å². The maximum Gasteiger partial charge on any atom is 0.170 e. The Kier molecular flexibility index (Phi) is 4.68. The van der Waals surface area contributed by atoms with Gasteiger partial charge in [-0.05, 0) is 36.4 Å². The molecule has 0 spiro atoms. The van der Waals surface area contributed by atoms with E-state index in [0.29, 0.717) is 0 Å². The number of hydrogen-bond acceptors (Lipinski definition) is 4. The third kappa shape index (κ3) is 3.80. The van der Waals surface area contributed by atoms with Gasteiger partial charge in [0.05, 0.1) is 0 Å². The lowest BCUT2D eigenvalue weighted by Gasteiger charge is -2.17. The molecule has 0 radical (unpaired) electrons. The molecule has 1 aromatic heterocycles. The van der Waals surface area contributed by atoms with Crippen molar-refractivity contribution in [2.24, 2.45) is 10.9 Å². The zero-order valence-electron chi connectivity index (χ0n) is 11.4. The molecular formula is C15H18N4O. The van der Waals surface area contributed by atoms with E-state index in [2.05, 4.69) is 22.1 Å². The van der Waals surface area contributed by atoms with Crippen LogP contribution < -0.4 is 5.73 Å². The van der Waals surface area contributed by atoms with Gasteiger partial charge in [0.2, 0.25) is 0 Å². The van der Waals surface area contributed by atoms with Gasteiger partial charge in [0.15, 0.2) is 5.84 Å². The second-order valence-electron chi connectivity index (χ2n) is 4.71. The molecule has 0 atom stereocenters. The minimum absolute atomic E-state index is 0.128. The number of nitrogens with two attached hydrogens (primary N) is 1. The van der Waals surface area contributed by atoms with Crippen molar-refractivity contribution < 1.29 is 5.21 Å². The van der Waals surface area contributed by atoms with Gasteiger partial charge in [-0.1, -0.05) is 23.4 Å². The first-order valence-electron chi connectivity index (χ1n) is 6.33. The van der Waals surface area contributed by atoms with Crippen molar-refractivity contribution >= 4 is 5.84 Å². The van der Waals surface area contributed by atoms with E-state index in [1.807, 2.05) is 36.4 Å². The lowest BCUT2D eigenvalue weighted by Crippen LogP contribution is -2.18. The Morgan fingerprint density at radius 1 is 1.20 bits per heavy atom. The minimum Gasteiger partial charge on any atom is -0.409 e. The summed E-state index contributed by atoms with van der Waals surface area (Å²) in [6, 6.07) is 11.7. The quantitative estimate of drug-likeness (QED) is 0.376. The zero-order chi connectivity index (χ0) is 14.4. The molecule has 0 fully saturated rings. The van der Waals surface area contributed by atoms with E-state index >= 15 is 0 Å².